The SMILES string of the molecule is O=C(c1ccc2c(c1)OCC2)C1CCN(C2CCN(Cc3nc4ccccc(=O)c4[nH]3)C2=O)CC1. The first-order valence-electron chi connectivity index (χ1n) is 12.4. The second-order valence-electron chi connectivity index (χ2n) is 9.69. The highest BCUT2D eigenvalue weighted by molar-refractivity contribution is 5.98. The van der Waals surface area contributed by atoms with Gasteiger partial charge in [0.2, 0.25) is 11.3 Å². The van der Waals surface area contributed by atoms with Crippen LogP contribution in [0.2, 0.25) is 0 Å². The van der Waals surface area contributed by atoms with Crippen LogP contribution >= 0.6 is 0 Å². The van der Waals surface area contributed by atoms with E-state index in [1.165, 1.54) is 11.6 Å². The molecule has 8 nitrogen and oxygen atoms in total. The van der Waals surface area contributed by atoms with Crippen molar-refractivity contribution in [2.75, 3.05) is 26.2 Å². The van der Waals surface area contributed by atoms with Crippen LogP contribution < -0.4 is 10.2 Å². The lowest BCUT2D eigenvalue weighted by Gasteiger charge is -2.34. The van der Waals surface area contributed by atoms with Gasteiger partial charge in [0.15, 0.2) is 5.78 Å². The molecule has 6 rings (SSSR count). The molecule has 3 aliphatic heterocycles. The van der Waals surface area contributed by atoms with Crippen molar-refractivity contribution in [2.24, 2.45) is 5.92 Å². The number of hydrogen-bond acceptors (Lipinski definition) is 6. The Morgan fingerprint density at radius 2 is 1.89 bits per heavy atom. The summed E-state index contributed by atoms with van der Waals surface area (Å²) >= 11 is 0. The number of imidazole rings is 1. The lowest BCUT2D eigenvalue weighted by atomic mass is 9.88. The van der Waals surface area contributed by atoms with Crippen molar-refractivity contribution in [1.82, 2.24) is 19.8 Å². The highest BCUT2D eigenvalue weighted by Gasteiger charge is 2.38. The topological polar surface area (TPSA) is 95.6 Å². The summed E-state index contributed by atoms with van der Waals surface area (Å²) in [5.74, 6) is 1.73. The summed E-state index contributed by atoms with van der Waals surface area (Å²) in [6.45, 7) is 3.19. The van der Waals surface area contributed by atoms with Gasteiger partial charge in [-0.1, -0.05) is 24.3 Å². The quantitative estimate of drug-likeness (QED) is 0.574. The Kier molecular flexibility index (Phi) is 5.60. The van der Waals surface area contributed by atoms with Gasteiger partial charge in [-0.05, 0) is 56.1 Å². The van der Waals surface area contributed by atoms with Crippen LogP contribution in [-0.4, -0.2) is 63.7 Å². The van der Waals surface area contributed by atoms with Gasteiger partial charge in [-0.2, -0.15) is 0 Å². The first kappa shape index (κ1) is 22.0. The number of likely N-dealkylation sites (tertiary alicyclic amines) is 2. The molecule has 35 heavy (non-hydrogen) atoms. The molecule has 1 aromatic heterocycles. The third-order valence-electron chi connectivity index (χ3n) is 7.57. The summed E-state index contributed by atoms with van der Waals surface area (Å²) < 4.78 is 5.63. The third kappa shape index (κ3) is 4.12. The van der Waals surface area contributed by atoms with Crippen LogP contribution in [0.25, 0.3) is 11.0 Å². The smallest absolute Gasteiger partial charge is 0.240 e. The molecule has 0 aliphatic carbocycles. The average molecular weight is 473 g/mol. The van der Waals surface area contributed by atoms with E-state index in [4.69, 9.17) is 4.74 Å². The van der Waals surface area contributed by atoms with E-state index in [2.05, 4.69) is 14.9 Å². The molecule has 8 heteroatoms. The second-order valence-corrected chi connectivity index (χ2v) is 9.69. The largest absolute Gasteiger partial charge is 0.493 e. The van der Waals surface area contributed by atoms with Gasteiger partial charge in [0.1, 0.15) is 17.1 Å². The fraction of sp³-hybridized carbons (Fsp3) is 0.407. The number of carbonyl (C=O) groups excluding carboxylic acids is 2. The normalized spacial score (nSPS) is 20.9. The van der Waals surface area contributed by atoms with Crippen molar-refractivity contribution >= 4 is 22.7 Å². The Bertz CT molecular complexity index is 1360. The summed E-state index contributed by atoms with van der Waals surface area (Å²) in [5, 5.41) is 0. The maximum absolute atomic E-state index is 13.2. The maximum atomic E-state index is 13.2. The van der Waals surface area contributed by atoms with Gasteiger partial charge >= 0.3 is 0 Å². The number of hydrogen-bond donors (Lipinski definition) is 1. The molecule has 0 bridgehead atoms. The molecule has 4 heterocycles. The predicted octanol–water partition coefficient (Wildman–Crippen LogP) is 2.55. The number of ether oxygens (including phenoxy) is 1. The fourth-order valence-corrected chi connectivity index (χ4v) is 5.62. The second kappa shape index (κ2) is 8.92. The van der Waals surface area contributed by atoms with Gasteiger partial charge in [-0.25, -0.2) is 4.98 Å². The van der Waals surface area contributed by atoms with Crippen molar-refractivity contribution in [3.63, 3.8) is 0 Å². The number of nitrogens with one attached hydrogen (secondary N) is 1. The van der Waals surface area contributed by atoms with Gasteiger partial charge < -0.3 is 14.6 Å². The Labute approximate surface area is 202 Å². The zero-order valence-electron chi connectivity index (χ0n) is 19.5. The highest BCUT2D eigenvalue weighted by atomic mass is 16.5. The van der Waals surface area contributed by atoms with Crippen molar-refractivity contribution in [3.05, 3.63) is 69.6 Å². The standard InChI is InChI=1S/C27H28N4O4/c32-22-4-2-1-3-20-25(22)29-24(28-20)16-31-13-9-21(27(31)34)30-11-7-18(8-12-30)26(33)19-6-5-17-10-14-35-23(17)15-19/h1-6,15,18,21H,7-14,16H2,(H,28,29). The Morgan fingerprint density at radius 3 is 2.74 bits per heavy atom. The van der Waals surface area contributed by atoms with E-state index in [1.807, 2.05) is 23.1 Å². The van der Waals surface area contributed by atoms with Crippen LogP contribution in [0, 0.1) is 5.92 Å². The number of H-pyrrole nitrogens is 1. The van der Waals surface area contributed by atoms with Crippen molar-refractivity contribution in [2.45, 2.75) is 38.3 Å². The van der Waals surface area contributed by atoms with Gasteiger partial charge in [0, 0.05) is 24.4 Å². The summed E-state index contributed by atoms with van der Waals surface area (Å²) in [4.78, 5) is 50.1. The number of fused-ring (bicyclic) bond motifs is 2. The third-order valence-corrected chi connectivity index (χ3v) is 7.57. The number of aromatic nitrogens is 2. The number of amides is 1. The molecule has 180 valence electrons. The van der Waals surface area contributed by atoms with Crippen LogP contribution in [0.15, 0.2) is 47.3 Å². The minimum atomic E-state index is -0.156. The molecule has 3 aromatic rings. The molecule has 2 saturated heterocycles. The van der Waals surface area contributed by atoms with E-state index < -0.39 is 0 Å². The summed E-state index contributed by atoms with van der Waals surface area (Å²) in [6, 6.07) is 12.5. The number of rotatable bonds is 5. The summed E-state index contributed by atoms with van der Waals surface area (Å²) in [7, 11) is 0. The van der Waals surface area contributed by atoms with Crippen molar-refractivity contribution in [3.8, 4) is 5.75 Å². The van der Waals surface area contributed by atoms with Gasteiger partial charge in [-0.3, -0.25) is 19.3 Å². The van der Waals surface area contributed by atoms with E-state index in [-0.39, 0.29) is 29.1 Å². The zero-order chi connectivity index (χ0) is 23.9. The molecule has 3 aliphatic rings. The molecule has 2 fully saturated rings. The van der Waals surface area contributed by atoms with Gasteiger partial charge in [-0.15, -0.1) is 0 Å². The number of ketones is 1. The van der Waals surface area contributed by atoms with Crippen molar-refractivity contribution < 1.29 is 14.3 Å². The Hall–Kier alpha value is -3.52. The monoisotopic (exact) mass is 472 g/mol. The number of aromatic amines is 1. The lowest BCUT2D eigenvalue weighted by Crippen LogP contribution is -2.46. The molecule has 0 radical (unpaired) electrons. The number of carbonyl (C=O) groups is 2. The van der Waals surface area contributed by atoms with Crippen LogP contribution in [0.1, 0.15) is 41.0 Å². The van der Waals surface area contributed by atoms with E-state index in [9.17, 15) is 14.4 Å². The Balaban J connectivity index is 1.07. The zero-order valence-corrected chi connectivity index (χ0v) is 19.5. The van der Waals surface area contributed by atoms with Crippen LogP contribution in [-0.2, 0) is 17.8 Å². The molecule has 1 atom stereocenters. The van der Waals surface area contributed by atoms with Gasteiger partial charge in [0.25, 0.3) is 0 Å². The predicted molar refractivity (Wildman–Crippen MR) is 130 cm³/mol. The number of Topliss-reactive ketones (excluding diaryl/α,β-unsaturated/α-hetero) is 1. The average Bonchev–Trinajstić information content (AvgIpc) is 3.58. The summed E-state index contributed by atoms with van der Waals surface area (Å²) in [6.07, 6.45) is 3.19. The van der Waals surface area contributed by atoms with Crippen LogP contribution in [0.3, 0.4) is 0 Å². The minimum absolute atomic E-state index is 0.0172. The molecule has 1 amide bonds. The highest BCUT2D eigenvalue weighted by Crippen LogP contribution is 2.30. The first-order valence-corrected chi connectivity index (χ1v) is 12.4. The molecular weight excluding hydrogens is 444 g/mol. The van der Waals surface area contributed by atoms with Crippen molar-refractivity contribution in [1.29, 1.82) is 0 Å². The summed E-state index contributed by atoms with van der Waals surface area (Å²) in [5.41, 5.74) is 2.87. The molecular formula is C27H28N4O4. The minimum Gasteiger partial charge on any atom is -0.493 e. The number of piperidine rings is 1. The maximum Gasteiger partial charge on any atom is 0.240 e. The van der Waals surface area contributed by atoms with E-state index in [0.29, 0.717) is 36.6 Å². The fourth-order valence-electron chi connectivity index (χ4n) is 5.62. The molecule has 2 aromatic carbocycles. The lowest BCUT2D eigenvalue weighted by molar-refractivity contribution is -0.133. The first-order chi connectivity index (χ1) is 17.1. The van der Waals surface area contributed by atoms with E-state index in [1.54, 1.807) is 18.2 Å². The van der Waals surface area contributed by atoms with E-state index >= 15 is 0 Å². The number of nitrogens with zero attached hydrogens (tertiary/aromatic N) is 3. The molecule has 0 spiro atoms. The molecule has 1 N–H and O–H groups in total. The van der Waals surface area contributed by atoms with E-state index in [0.717, 1.165) is 50.1 Å². The Morgan fingerprint density at radius 1 is 1.06 bits per heavy atom. The number of benzene rings is 1. The molecule has 1 unspecified atom stereocenters. The molecule has 0 saturated carbocycles. The van der Waals surface area contributed by atoms with Crippen LogP contribution in [0.4, 0.5) is 0 Å². The van der Waals surface area contributed by atoms with Gasteiger partial charge in [0.05, 0.1) is 24.7 Å². The van der Waals surface area contributed by atoms with Crippen LogP contribution in [0.5, 0.6) is 5.75 Å².